The molecule has 0 bridgehead atoms. The summed E-state index contributed by atoms with van der Waals surface area (Å²) in [6.45, 7) is 9.19. The van der Waals surface area contributed by atoms with Crippen molar-refractivity contribution in [3.63, 3.8) is 0 Å². The van der Waals surface area contributed by atoms with Gasteiger partial charge in [0.2, 0.25) is 0 Å². The molecule has 0 atom stereocenters. The van der Waals surface area contributed by atoms with Crippen LogP contribution in [-0.4, -0.2) is 0 Å². The van der Waals surface area contributed by atoms with Gasteiger partial charge in [-0.3, -0.25) is 0 Å². The average Bonchev–Trinajstić information content (AvgIpc) is 2.36. The Morgan fingerprint density at radius 1 is 1.17 bits per heavy atom. The normalized spacial score (nSPS) is 29.3. The first-order valence-corrected chi connectivity index (χ1v) is 7.29. The highest BCUT2D eigenvalue weighted by molar-refractivity contribution is 5.70. The van der Waals surface area contributed by atoms with E-state index in [0.29, 0.717) is 5.41 Å². The summed E-state index contributed by atoms with van der Waals surface area (Å²) in [7, 11) is 0. The Hall–Kier alpha value is -1.04. The summed E-state index contributed by atoms with van der Waals surface area (Å²) in [5.74, 6) is 0.911. The number of allylic oxidation sites excluding steroid dienone is 2. The quantitative estimate of drug-likeness (QED) is 0.632. The SMILES string of the molecule is C/C=C(\c1ccc(C)cc1)C1(C)CCC(C)CC1. The highest BCUT2D eigenvalue weighted by Gasteiger charge is 2.33. The second kappa shape index (κ2) is 5.30. The van der Waals surface area contributed by atoms with Crippen molar-refractivity contribution in [2.75, 3.05) is 0 Å². The molecule has 0 nitrogen and oxygen atoms in total. The Balaban J connectivity index is 2.26. The molecule has 0 heteroatoms. The molecule has 1 aromatic rings. The van der Waals surface area contributed by atoms with E-state index >= 15 is 0 Å². The van der Waals surface area contributed by atoms with Crippen molar-refractivity contribution in [3.05, 3.63) is 41.5 Å². The molecule has 98 valence electrons. The van der Waals surface area contributed by atoms with Crippen LogP contribution in [0.1, 0.15) is 57.6 Å². The second-order valence-corrected chi connectivity index (χ2v) is 6.31. The zero-order chi connectivity index (χ0) is 13.2. The van der Waals surface area contributed by atoms with Crippen molar-refractivity contribution in [1.29, 1.82) is 0 Å². The van der Waals surface area contributed by atoms with Crippen molar-refractivity contribution in [2.45, 2.75) is 53.4 Å². The fourth-order valence-electron chi connectivity index (χ4n) is 3.27. The van der Waals surface area contributed by atoms with Gasteiger partial charge in [-0.05, 0) is 62.0 Å². The van der Waals surface area contributed by atoms with Gasteiger partial charge in [-0.2, -0.15) is 0 Å². The Morgan fingerprint density at radius 3 is 2.22 bits per heavy atom. The van der Waals surface area contributed by atoms with E-state index < -0.39 is 0 Å². The van der Waals surface area contributed by atoms with Gasteiger partial charge in [0.15, 0.2) is 0 Å². The maximum absolute atomic E-state index is 2.45. The van der Waals surface area contributed by atoms with Crippen LogP contribution >= 0.6 is 0 Å². The largest absolute Gasteiger partial charge is 0.0833 e. The van der Waals surface area contributed by atoms with Gasteiger partial charge in [0, 0.05) is 0 Å². The lowest BCUT2D eigenvalue weighted by atomic mass is 9.66. The number of aryl methyl sites for hydroxylation is 1. The van der Waals surface area contributed by atoms with Crippen LogP contribution < -0.4 is 0 Å². The van der Waals surface area contributed by atoms with Crippen LogP contribution in [0, 0.1) is 18.3 Å². The summed E-state index contributed by atoms with van der Waals surface area (Å²) in [6.07, 6.45) is 7.75. The van der Waals surface area contributed by atoms with E-state index in [0.717, 1.165) is 5.92 Å². The van der Waals surface area contributed by atoms with Crippen molar-refractivity contribution in [2.24, 2.45) is 11.3 Å². The summed E-state index contributed by atoms with van der Waals surface area (Å²) in [6, 6.07) is 9.03. The Kier molecular flexibility index (Phi) is 3.94. The minimum atomic E-state index is 0.385. The molecule has 0 radical (unpaired) electrons. The Morgan fingerprint density at radius 2 is 1.72 bits per heavy atom. The van der Waals surface area contributed by atoms with Gasteiger partial charge >= 0.3 is 0 Å². The Bertz CT molecular complexity index is 414. The number of hydrogen-bond donors (Lipinski definition) is 0. The molecular weight excluding hydrogens is 216 g/mol. The molecule has 18 heavy (non-hydrogen) atoms. The lowest BCUT2D eigenvalue weighted by Gasteiger charge is -2.38. The molecule has 1 aromatic carbocycles. The number of hydrogen-bond acceptors (Lipinski definition) is 0. The molecule has 0 amide bonds. The molecule has 0 N–H and O–H groups in total. The molecule has 0 aliphatic heterocycles. The molecule has 2 rings (SSSR count). The van der Waals surface area contributed by atoms with Crippen LogP contribution in [-0.2, 0) is 0 Å². The molecule has 1 saturated carbocycles. The summed E-state index contributed by atoms with van der Waals surface area (Å²) in [5.41, 5.74) is 4.70. The lowest BCUT2D eigenvalue weighted by molar-refractivity contribution is 0.244. The Labute approximate surface area is 112 Å². The monoisotopic (exact) mass is 242 g/mol. The van der Waals surface area contributed by atoms with Crippen LogP contribution in [0.15, 0.2) is 30.3 Å². The lowest BCUT2D eigenvalue weighted by Crippen LogP contribution is -2.25. The topological polar surface area (TPSA) is 0 Å². The first-order chi connectivity index (χ1) is 8.55. The highest BCUT2D eigenvalue weighted by Crippen LogP contribution is 2.47. The minimum absolute atomic E-state index is 0.385. The third-order valence-corrected chi connectivity index (χ3v) is 4.68. The fourth-order valence-corrected chi connectivity index (χ4v) is 3.27. The van der Waals surface area contributed by atoms with Crippen LogP contribution in [0.4, 0.5) is 0 Å². The van der Waals surface area contributed by atoms with Gasteiger partial charge in [-0.15, -0.1) is 0 Å². The van der Waals surface area contributed by atoms with Gasteiger partial charge in [0.25, 0.3) is 0 Å². The van der Waals surface area contributed by atoms with Crippen LogP contribution in [0.25, 0.3) is 5.57 Å². The smallest absolute Gasteiger partial charge is 0.00724 e. The van der Waals surface area contributed by atoms with E-state index in [9.17, 15) is 0 Å². The van der Waals surface area contributed by atoms with Crippen molar-refractivity contribution in [1.82, 2.24) is 0 Å². The first kappa shape index (κ1) is 13.4. The molecule has 0 saturated heterocycles. The fraction of sp³-hybridized carbons (Fsp3) is 0.556. The van der Waals surface area contributed by atoms with E-state index in [1.54, 1.807) is 5.57 Å². The van der Waals surface area contributed by atoms with E-state index in [2.05, 4.69) is 58.0 Å². The molecule has 0 unspecified atom stereocenters. The summed E-state index contributed by atoms with van der Waals surface area (Å²) in [4.78, 5) is 0. The first-order valence-electron chi connectivity index (χ1n) is 7.29. The van der Waals surface area contributed by atoms with Crippen LogP contribution in [0.5, 0.6) is 0 Å². The van der Waals surface area contributed by atoms with Gasteiger partial charge in [-0.25, -0.2) is 0 Å². The standard InChI is InChI=1S/C18H26/c1-5-17(16-8-6-14(2)7-9-16)18(4)12-10-15(3)11-13-18/h5-9,15H,10-13H2,1-4H3/b17-5+. The van der Waals surface area contributed by atoms with Crippen LogP contribution in [0.2, 0.25) is 0 Å². The summed E-state index contributed by atoms with van der Waals surface area (Å²) in [5, 5.41) is 0. The molecule has 0 heterocycles. The molecule has 0 aromatic heterocycles. The third kappa shape index (κ3) is 2.68. The van der Waals surface area contributed by atoms with Crippen molar-refractivity contribution in [3.8, 4) is 0 Å². The summed E-state index contributed by atoms with van der Waals surface area (Å²) >= 11 is 0. The molecule has 1 aliphatic rings. The van der Waals surface area contributed by atoms with E-state index in [4.69, 9.17) is 0 Å². The zero-order valence-corrected chi connectivity index (χ0v) is 12.3. The van der Waals surface area contributed by atoms with E-state index in [1.807, 2.05) is 0 Å². The minimum Gasteiger partial charge on any atom is -0.0833 e. The highest BCUT2D eigenvalue weighted by atomic mass is 14.4. The molecule has 1 aliphatic carbocycles. The predicted octanol–water partition coefficient (Wildman–Crippen LogP) is 5.61. The average molecular weight is 242 g/mol. The van der Waals surface area contributed by atoms with Gasteiger partial charge in [0.1, 0.15) is 0 Å². The van der Waals surface area contributed by atoms with Gasteiger partial charge in [-0.1, -0.05) is 49.8 Å². The van der Waals surface area contributed by atoms with Crippen molar-refractivity contribution >= 4 is 5.57 Å². The maximum Gasteiger partial charge on any atom is -0.00724 e. The third-order valence-electron chi connectivity index (χ3n) is 4.68. The van der Waals surface area contributed by atoms with Crippen LogP contribution in [0.3, 0.4) is 0 Å². The van der Waals surface area contributed by atoms with Crippen molar-refractivity contribution < 1.29 is 0 Å². The predicted molar refractivity (Wildman–Crippen MR) is 80.6 cm³/mol. The van der Waals surface area contributed by atoms with E-state index in [-0.39, 0.29) is 0 Å². The molecule has 1 fully saturated rings. The number of benzene rings is 1. The van der Waals surface area contributed by atoms with E-state index in [1.165, 1.54) is 36.8 Å². The molecular formula is C18H26. The second-order valence-electron chi connectivity index (χ2n) is 6.31. The maximum atomic E-state index is 2.45. The summed E-state index contributed by atoms with van der Waals surface area (Å²) < 4.78 is 0. The molecule has 0 spiro atoms. The zero-order valence-electron chi connectivity index (χ0n) is 12.3. The number of rotatable bonds is 2. The van der Waals surface area contributed by atoms with Gasteiger partial charge in [0.05, 0.1) is 0 Å². The van der Waals surface area contributed by atoms with Gasteiger partial charge < -0.3 is 0 Å².